The molecule has 0 spiro atoms. The van der Waals surface area contributed by atoms with Crippen LogP contribution in [0, 0.1) is 5.92 Å². The summed E-state index contributed by atoms with van der Waals surface area (Å²) in [4.78, 5) is 3.85. The van der Waals surface area contributed by atoms with Gasteiger partial charge < -0.3 is 5.73 Å². The van der Waals surface area contributed by atoms with E-state index in [0.29, 0.717) is 18.5 Å². The van der Waals surface area contributed by atoms with E-state index in [-0.39, 0.29) is 35.3 Å². The van der Waals surface area contributed by atoms with Crippen LogP contribution >= 0.6 is 0 Å². The fourth-order valence-corrected chi connectivity index (χ4v) is 5.46. The number of likely N-dealkylation sites (N-methyl/N-ethyl adjacent to an activating group) is 1. The second-order valence-electron chi connectivity index (χ2n) is 8.29. The van der Waals surface area contributed by atoms with Gasteiger partial charge in [-0.15, -0.1) is 0 Å². The van der Waals surface area contributed by atoms with E-state index in [0.717, 1.165) is 18.3 Å². The number of piperidine rings is 1. The van der Waals surface area contributed by atoms with Crippen LogP contribution in [0.5, 0.6) is 0 Å². The first kappa shape index (κ1) is 22.4. The molecule has 4 atom stereocenters. The quantitative estimate of drug-likeness (QED) is 0.685. The van der Waals surface area contributed by atoms with Gasteiger partial charge in [0.05, 0.1) is 5.69 Å². The third kappa shape index (κ3) is 3.92. The molecule has 0 saturated carbocycles. The lowest BCUT2D eigenvalue weighted by atomic mass is 9.81. The number of alkyl halides is 3. The predicted molar refractivity (Wildman–Crippen MR) is 101 cm³/mol. The Labute approximate surface area is 176 Å². The maximum atomic E-state index is 14.3. The summed E-state index contributed by atoms with van der Waals surface area (Å²) >= 11 is 0. The number of nitrogens with zero attached hydrogens (tertiary/aromatic N) is 4. The van der Waals surface area contributed by atoms with Gasteiger partial charge in [-0.1, -0.05) is 0 Å². The first-order valence-electron chi connectivity index (χ1n) is 9.69. The zero-order chi connectivity index (χ0) is 22.7. The van der Waals surface area contributed by atoms with Crippen molar-refractivity contribution in [2.75, 3.05) is 13.6 Å². The van der Waals surface area contributed by atoms with Crippen molar-refractivity contribution in [2.24, 2.45) is 11.7 Å². The number of hydrogen-bond donors (Lipinski definition) is 1. The Kier molecular flexibility index (Phi) is 5.51. The van der Waals surface area contributed by atoms with E-state index in [1.807, 2.05) is 9.80 Å². The molecule has 172 valence electrons. The number of hydrogen-bond acceptors (Lipinski definition) is 6. The van der Waals surface area contributed by atoms with E-state index >= 15 is 0 Å². The van der Waals surface area contributed by atoms with Crippen molar-refractivity contribution in [3.05, 3.63) is 41.3 Å². The zero-order valence-electron chi connectivity index (χ0n) is 16.6. The van der Waals surface area contributed by atoms with Crippen molar-refractivity contribution in [3.8, 4) is 0 Å². The summed E-state index contributed by atoms with van der Waals surface area (Å²) in [7, 11) is -3.78. The van der Waals surface area contributed by atoms with Crippen LogP contribution in [0.15, 0.2) is 30.0 Å². The van der Waals surface area contributed by atoms with E-state index < -0.39 is 45.2 Å². The lowest BCUT2D eigenvalue weighted by molar-refractivity contribution is -0.0449. The average molecular weight is 467 g/mol. The van der Waals surface area contributed by atoms with Gasteiger partial charge in [0.1, 0.15) is 11.7 Å². The predicted octanol–water partition coefficient (Wildman–Crippen LogP) is 2.02. The van der Waals surface area contributed by atoms with Gasteiger partial charge in [0.15, 0.2) is 0 Å². The number of halogens is 5. The SMILES string of the molecule is CN1CC(N2Cc3cn(S(=O)(=O)C(F)(F)F)nc3C2)CC(N)[C@H]1C1CC(F)=CC=C1F. The molecule has 1 fully saturated rings. The number of likely N-dealkylation sites (tertiary alicyclic amines) is 1. The average Bonchev–Trinajstić information content (AvgIpc) is 3.22. The van der Waals surface area contributed by atoms with Gasteiger partial charge in [0.2, 0.25) is 0 Å². The summed E-state index contributed by atoms with van der Waals surface area (Å²) < 4.78 is 89.3. The summed E-state index contributed by atoms with van der Waals surface area (Å²) in [5.74, 6) is -1.48. The first-order chi connectivity index (χ1) is 14.4. The molecular formula is C18H22F5N5O2S. The van der Waals surface area contributed by atoms with Crippen molar-refractivity contribution >= 4 is 10.0 Å². The Morgan fingerprint density at radius 3 is 2.52 bits per heavy atom. The molecule has 3 unspecified atom stereocenters. The molecule has 0 bridgehead atoms. The molecule has 1 aromatic heterocycles. The molecular weight excluding hydrogens is 445 g/mol. The monoisotopic (exact) mass is 467 g/mol. The minimum absolute atomic E-state index is 0.0238. The van der Waals surface area contributed by atoms with Crippen LogP contribution in [0.1, 0.15) is 24.1 Å². The van der Waals surface area contributed by atoms with Gasteiger partial charge in [0.25, 0.3) is 0 Å². The minimum Gasteiger partial charge on any atom is -0.326 e. The molecule has 2 N–H and O–H groups in total. The Bertz CT molecular complexity index is 999. The van der Waals surface area contributed by atoms with Crippen LogP contribution in [0.4, 0.5) is 22.0 Å². The fraction of sp³-hybridized carbons (Fsp3) is 0.611. The second-order valence-corrected chi connectivity index (χ2v) is 10.1. The van der Waals surface area contributed by atoms with Gasteiger partial charge >= 0.3 is 15.5 Å². The molecule has 1 aliphatic carbocycles. The van der Waals surface area contributed by atoms with Gasteiger partial charge in [-0.25, -0.2) is 8.78 Å². The van der Waals surface area contributed by atoms with Gasteiger partial charge in [-0.3, -0.25) is 9.80 Å². The molecule has 3 heterocycles. The van der Waals surface area contributed by atoms with Crippen LogP contribution < -0.4 is 5.73 Å². The Morgan fingerprint density at radius 2 is 1.90 bits per heavy atom. The number of aromatic nitrogens is 2. The van der Waals surface area contributed by atoms with Crippen LogP contribution in [0.25, 0.3) is 0 Å². The van der Waals surface area contributed by atoms with E-state index in [1.54, 1.807) is 7.05 Å². The lowest BCUT2D eigenvalue weighted by Crippen LogP contribution is -2.61. The number of fused-ring (bicyclic) bond motifs is 1. The highest BCUT2D eigenvalue weighted by Crippen LogP contribution is 2.37. The molecule has 0 aromatic carbocycles. The summed E-state index contributed by atoms with van der Waals surface area (Å²) in [5.41, 5.74) is 1.58. The topological polar surface area (TPSA) is 84.5 Å². The molecule has 1 aromatic rings. The van der Waals surface area contributed by atoms with Crippen molar-refractivity contribution in [1.82, 2.24) is 19.0 Å². The first-order valence-corrected chi connectivity index (χ1v) is 11.1. The Balaban J connectivity index is 1.45. The Hall–Kier alpha value is -1.83. The largest absolute Gasteiger partial charge is 0.518 e. The van der Waals surface area contributed by atoms with Gasteiger partial charge in [0, 0.05) is 61.9 Å². The van der Waals surface area contributed by atoms with E-state index in [2.05, 4.69) is 5.10 Å². The molecule has 2 aliphatic heterocycles. The van der Waals surface area contributed by atoms with Gasteiger partial charge in [-0.05, 0) is 25.6 Å². The maximum Gasteiger partial charge on any atom is 0.518 e. The van der Waals surface area contributed by atoms with E-state index in [9.17, 15) is 30.4 Å². The molecule has 3 aliphatic rings. The number of allylic oxidation sites excluding steroid dienone is 3. The molecule has 13 heteroatoms. The van der Waals surface area contributed by atoms with Crippen LogP contribution in [-0.4, -0.2) is 64.6 Å². The summed E-state index contributed by atoms with van der Waals surface area (Å²) in [5, 5.41) is 3.64. The third-order valence-corrected chi connectivity index (χ3v) is 7.50. The van der Waals surface area contributed by atoms with Crippen LogP contribution in [-0.2, 0) is 23.1 Å². The highest BCUT2D eigenvalue weighted by Gasteiger charge is 2.49. The molecule has 0 amide bonds. The van der Waals surface area contributed by atoms with Crippen LogP contribution in [0.3, 0.4) is 0 Å². The smallest absolute Gasteiger partial charge is 0.326 e. The normalized spacial score (nSPS) is 30.8. The van der Waals surface area contributed by atoms with Crippen LogP contribution in [0.2, 0.25) is 0 Å². The van der Waals surface area contributed by atoms with Crippen molar-refractivity contribution < 1.29 is 30.4 Å². The minimum atomic E-state index is -5.56. The maximum absolute atomic E-state index is 14.3. The summed E-state index contributed by atoms with van der Waals surface area (Å²) in [6, 6.07) is -0.926. The van der Waals surface area contributed by atoms with Crippen molar-refractivity contribution in [2.45, 2.75) is 49.6 Å². The third-order valence-electron chi connectivity index (χ3n) is 6.23. The summed E-state index contributed by atoms with van der Waals surface area (Å²) in [6.07, 6.45) is 3.57. The lowest BCUT2D eigenvalue weighted by Gasteiger charge is -2.47. The standard InChI is InChI=1S/C18H22F5N5O2S/c1-26-8-12(5-15(24)17(26)13-4-11(19)2-3-14(13)20)27-6-10-7-28(25-16(10)9-27)31(29,30)18(21,22)23/h2-3,7,12-13,15,17H,4-6,8-9,24H2,1H3/t12?,13?,15?,17-/m1/s1. The highest BCUT2D eigenvalue weighted by molar-refractivity contribution is 7.90. The van der Waals surface area contributed by atoms with Crippen molar-refractivity contribution in [3.63, 3.8) is 0 Å². The van der Waals surface area contributed by atoms with E-state index in [4.69, 9.17) is 5.73 Å². The Morgan fingerprint density at radius 1 is 1.19 bits per heavy atom. The summed E-state index contributed by atoms with van der Waals surface area (Å²) in [6.45, 7) is 0.910. The van der Waals surface area contributed by atoms with Crippen molar-refractivity contribution in [1.29, 1.82) is 0 Å². The highest BCUT2D eigenvalue weighted by atomic mass is 32.2. The number of nitrogens with two attached hydrogens (primary N) is 1. The molecule has 1 saturated heterocycles. The molecule has 31 heavy (non-hydrogen) atoms. The van der Waals surface area contributed by atoms with Gasteiger partial charge in [-0.2, -0.15) is 30.8 Å². The number of rotatable bonds is 3. The molecule has 4 rings (SSSR count). The molecule has 7 nitrogen and oxygen atoms in total. The second kappa shape index (κ2) is 7.64. The fourth-order valence-electron chi connectivity index (χ4n) is 4.77. The molecule has 0 radical (unpaired) electrons. The zero-order valence-corrected chi connectivity index (χ0v) is 17.4. The van der Waals surface area contributed by atoms with E-state index in [1.165, 1.54) is 0 Å².